The third kappa shape index (κ3) is 3.27. The fourth-order valence-electron chi connectivity index (χ4n) is 1.79. The molecule has 0 aliphatic carbocycles. The van der Waals surface area contributed by atoms with Gasteiger partial charge in [-0.2, -0.15) is 0 Å². The molecular weight excluding hydrogens is 278 g/mol. The number of hydrogen-bond acceptors (Lipinski definition) is 4. The first-order valence-corrected chi connectivity index (χ1v) is 6.45. The molecule has 0 radical (unpaired) electrons. The molecule has 0 atom stereocenters. The van der Waals surface area contributed by atoms with E-state index in [0.717, 1.165) is 11.3 Å². The highest BCUT2D eigenvalue weighted by Gasteiger charge is 2.05. The van der Waals surface area contributed by atoms with Crippen molar-refractivity contribution in [1.82, 2.24) is 0 Å². The van der Waals surface area contributed by atoms with Gasteiger partial charge in [0, 0.05) is 29.9 Å². The van der Waals surface area contributed by atoms with E-state index in [1.54, 1.807) is 32.4 Å². The monoisotopic (exact) mass is 293 g/mol. The summed E-state index contributed by atoms with van der Waals surface area (Å²) in [6, 6.07) is 10.6. The zero-order valence-electron chi connectivity index (χ0n) is 11.3. The van der Waals surface area contributed by atoms with E-state index in [2.05, 4.69) is 5.32 Å². The molecule has 0 heterocycles. The van der Waals surface area contributed by atoms with E-state index < -0.39 is 0 Å². The first-order chi connectivity index (χ1) is 9.63. The molecule has 0 aromatic heterocycles. The molecule has 0 saturated heterocycles. The van der Waals surface area contributed by atoms with Crippen molar-refractivity contribution in [3.63, 3.8) is 0 Å². The van der Waals surface area contributed by atoms with Crippen LogP contribution in [0.25, 0.3) is 0 Å². The molecule has 0 saturated carbocycles. The standard InChI is InChI=1S/C15H16ClNO3/c1-19-12-5-3-10(14(18)8-12)9-17-11-4-6-13(16)15(7-11)20-2/h3-8,17-18H,9H2,1-2H3. The minimum Gasteiger partial charge on any atom is -0.507 e. The average molecular weight is 294 g/mol. The summed E-state index contributed by atoms with van der Waals surface area (Å²) in [4.78, 5) is 0. The predicted molar refractivity (Wildman–Crippen MR) is 80.0 cm³/mol. The number of halogens is 1. The highest BCUT2D eigenvalue weighted by atomic mass is 35.5. The molecule has 0 bridgehead atoms. The van der Waals surface area contributed by atoms with Crippen LogP contribution in [0, 0.1) is 0 Å². The van der Waals surface area contributed by atoms with Crippen LogP contribution in [-0.2, 0) is 6.54 Å². The second-order valence-corrected chi connectivity index (χ2v) is 4.60. The van der Waals surface area contributed by atoms with Gasteiger partial charge >= 0.3 is 0 Å². The van der Waals surface area contributed by atoms with Crippen molar-refractivity contribution < 1.29 is 14.6 Å². The lowest BCUT2D eigenvalue weighted by Gasteiger charge is -2.11. The SMILES string of the molecule is COc1ccc(CNc2ccc(Cl)c(OC)c2)c(O)c1. The molecule has 0 unspecified atom stereocenters. The van der Waals surface area contributed by atoms with Crippen molar-refractivity contribution in [3.05, 3.63) is 47.0 Å². The Balaban J connectivity index is 2.08. The van der Waals surface area contributed by atoms with Crippen LogP contribution in [0.2, 0.25) is 5.02 Å². The summed E-state index contributed by atoms with van der Waals surface area (Å²) >= 11 is 5.97. The molecule has 2 aromatic rings. The van der Waals surface area contributed by atoms with Gasteiger partial charge in [0.2, 0.25) is 0 Å². The van der Waals surface area contributed by atoms with Crippen LogP contribution in [0.1, 0.15) is 5.56 Å². The van der Waals surface area contributed by atoms with Crippen LogP contribution < -0.4 is 14.8 Å². The van der Waals surface area contributed by atoms with Gasteiger partial charge in [-0.05, 0) is 24.3 Å². The lowest BCUT2D eigenvalue weighted by atomic mass is 10.2. The summed E-state index contributed by atoms with van der Waals surface area (Å²) < 4.78 is 10.2. The Labute approximate surface area is 122 Å². The van der Waals surface area contributed by atoms with E-state index in [1.807, 2.05) is 18.2 Å². The van der Waals surface area contributed by atoms with Gasteiger partial charge < -0.3 is 19.9 Å². The van der Waals surface area contributed by atoms with Crippen molar-refractivity contribution in [2.75, 3.05) is 19.5 Å². The van der Waals surface area contributed by atoms with Crippen LogP contribution in [0.4, 0.5) is 5.69 Å². The first-order valence-electron chi connectivity index (χ1n) is 6.07. The van der Waals surface area contributed by atoms with Crippen LogP contribution in [0.15, 0.2) is 36.4 Å². The number of methoxy groups -OCH3 is 2. The van der Waals surface area contributed by atoms with Gasteiger partial charge in [-0.3, -0.25) is 0 Å². The zero-order valence-corrected chi connectivity index (χ0v) is 12.1. The van der Waals surface area contributed by atoms with Crippen molar-refractivity contribution in [3.8, 4) is 17.2 Å². The predicted octanol–water partition coefficient (Wildman–Crippen LogP) is 3.67. The van der Waals surface area contributed by atoms with Gasteiger partial charge in [-0.25, -0.2) is 0 Å². The van der Waals surface area contributed by atoms with Crippen LogP contribution >= 0.6 is 11.6 Å². The number of phenolic OH excluding ortho intramolecular Hbond substituents is 1. The molecule has 0 aliphatic heterocycles. The number of hydrogen-bond donors (Lipinski definition) is 2. The molecule has 0 spiro atoms. The first kappa shape index (κ1) is 14.3. The molecular formula is C15H16ClNO3. The molecule has 5 heteroatoms. The van der Waals surface area contributed by atoms with E-state index in [9.17, 15) is 5.11 Å². The Bertz CT molecular complexity index is 602. The number of anilines is 1. The molecule has 2 N–H and O–H groups in total. The quantitative estimate of drug-likeness (QED) is 0.883. The number of nitrogens with one attached hydrogen (secondary N) is 1. The second-order valence-electron chi connectivity index (χ2n) is 4.20. The summed E-state index contributed by atoms with van der Waals surface area (Å²) in [5, 5.41) is 13.6. The highest BCUT2D eigenvalue weighted by molar-refractivity contribution is 6.32. The Kier molecular flexibility index (Phi) is 4.58. The lowest BCUT2D eigenvalue weighted by molar-refractivity contribution is 0.406. The van der Waals surface area contributed by atoms with Gasteiger partial charge in [0.05, 0.1) is 19.2 Å². The van der Waals surface area contributed by atoms with E-state index >= 15 is 0 Å². The van der Waals surface area contributed by atoms with Crippen molar-refractivity contribution in [1.29, 1.82) is 0 Å². The van der Waals surface area contributed by atoms with Crippen molar-refractivity contribution in [2.24, 2.45) is 0 Å². The minimum absolute atomic E-state index is 0.192. The van der Waals surface area contributed by atoms with Gasteiger partial charge in [-0.1, -0.05) is 11.6 Å². The molecule has 4 nitrogen and oxygen atoms in total. The number of aromatic hydroxyl groups is 1. The largest absolute Gasteiger partial charge is 0.507 e. The van der Waals surface area contributed by atoms with E-state index in [4.69, 9.17) is 21.1 Å². The van der Waals surface area contributed by atoms with Crippen LogP contribution in [-0.4, -0.2) is 19.3 Å². The van der Waals surface area contributed by atoms with Crippen molar-refractivity contribution >= 4 is 17.3 Å². The maximum Gasteiger partial charge on any atom is 0.139 e. The molecule has 0 aliphatic rings. The van der Waals surface area contributed by atoms with Gasteiger partial charge in [-0.15, -0.1) is 0 Å². The fourth-order valence-corrected chi connectivity index (χ4v) is 1.98. The van der Waals surface area contributed by atoms with E-state index in [0.29, 0.717) is 23.1 Å². The van der Waals surface area contributed by atoms with E-state index in [1.165, 1.54) is 0 Å². The summed E-state index contributed by atoms with van der Waals surface area (Å²) in [5.74, 6) is 1.42. The number of phenols is 1. The molecule has 0 amide bonds. The van der Waals surface area contributed by atoms with Crippen LogP contribution in [0.5, 0.6) is 17.2 Å². The van der Waals surface area contributed by atoms with Gasteiger partial charge in [0.15, 0.2) is 0 Å². The second kappa shape index (κ2) is 6.39. The molecule has 106 valence electrons. The number of benzene rings is 2. The highest BCUT2D eigenvalue weighted by Crippen LogP contribution is 2.28. The summed E-state index contributed by atoms with van der Waals surface area (Å²) in [6.07, 6.45) is 0. The van der Waals surface area contributed by atoms with Crippen molar-refractivity contribution in [2.45, 2.75) is 6.54 Å². The third-order valence-electron chi connectivity index (χ3n) is 2.93. The maximum absolute atomic E-state index is 9.88. The summed E-state index contributed by atoms with van der Waals surface area (Å²) in [5.41, 5.74) is 1.64. The Morgan fingerprint density at radius 2 is 1.90 bits per heavy atom. The number of ether oxygens (including phenoxy) is 2. The average Bonchev–Trinajstić information content (AvgIpc) is 2.47. The molecule has 0 fully saturated rings. The normalized spacial score (nSPS) is 10.2. The molecule has 2 aromatic carbocycles. The van der Waals surface area contributed by atoms with Gasteiger partial charge in [0.1, 0.15) is 17.2 Å². The number of rotatable bonds is 5. The fraction of sp³-hybridized carbons (Fsp3) is 0.200. The minimum atomic E-state index is 0.192. The Morgan fingerprint density at radius 1 is 1.10 bits per heavy atom. The lowest BCUT2D eigenvalue weighted by Crippen LogP contribution is -2.00. The summed E-state index contributed by atoms with van der Waals surface area (Å²) in [6.45, 7) is 0.487. The summed E-state index contributed by atoms with van der Waals surface area (Å²) in [7, 11) is 3.13. The molecule has 20 heavy (non-hydrogen) atoms. The smallest absolute Gasteiger partial charge is 0.139 e. The van der Waals surface area contributed by atoms with E-state index in [-0.39, 0.29) is 5.75 Å². The van der Waals surface area contributed by atoms with Gasteiger partial charge in [0.25, 0.3) is 0 Å². The topological polar surface area (TPSA) is 50.7 Å². The molecule has 2 rings (SSSR count). The zero-order chi connectivity index (χ0) is 14.5. The maximum atomic E-state index is 9.88. The third-order valence-corrected chi connectivity index (χ3v) is 3.24. The Hall–Kier alpha value is -2.07. The van der Waals surface area contributed by atoms with Crippen LogP contribution in [0.3, 0.4) is 0 Å². The Morgan fingerprint density at radius 3 is 2.55 bits per heavy atom.